The SMILES string of the molecule is [2H]c1c([2H])c(-n2c3c([2H])c([2H])c([2H])c([2H])c3c3c([2H])c([2H])c([2H])c([2H])c32)c([2H])c2c1B1c3c(cc(-c4ccc(C(C)(C)C)cc4C(C)(C)C)cc3N(c3c(-c4ccccc4)cc(C(C)(C)C)cc3-c3ccccc3)c3c([2H])c(-n4c5c([2H])c([2H])c([2H])c([2H])c5c5c([2H])c([2H])c([2H])c([2H])c54)c([2H])c([2H])c31)N2c1c(-c2ccccc2)cc(C(C)(C)C)cc1-c1ccccc1. The van der Waals surface area contributed by atoms with Gasteiger partial charge in [0.25, 0.3) is 6.71 Å². The molecule has 0 aliphatic carbocycles. The quantitative estimate of drug-likeness (QED) is 0.134. The normalized spacial score (nSPS) is 16.0. The summed E-state index contributed by atoms with van der Waals surface area (Å²) in [5.41, 5.74) is 5.82. The maximum absolute atomic E-state index is 11.9. The van der Waals surface area contributed by atoms with E-state index in [2.05, 4.69) is 126 Å². The standard InChI is InChI=1S/C100H87BN4/c1-97(2,3)69-49-52-74(83(61-69)100(10,11)12)68-55-92-94-93(56-68)105(96-81(66-37-21-15-22-38-66)59-71(99(7,8)9)60-82(96)67-39-23-16-24-40-67)91-63-73(103-88-47-31-27-43-77(88)78-44-28-32-48-89(78)103)51-54-85(91)101(94)84-53-50-72(102-86-45-29-25-41-75(86)76-42-26-30-46-87(76)102)62-90(84)104(92)95-79(64-33-17-13-18-34-64)57-70(98(4,5)6)58-80(95)65-35-19-14-20-36-65/h13-63H,1-12H3/i25D,26D,27D,28D,29D,30D,31D,32D,41D,42D,43D,44D,45D,46D,47D,48D,50D,51D,53D,54D,62D,63D. The first-order chi connectivity index (χ1) is 59.8. The molecule has 0 saturated heterocycles. The van der Waals surface area contributed by atoms with Crippen LogP contribution < -0.4 is 26.2 Å². The van der Waals surface area contributed by atoms with Gasteiger partial charge in [0.1, 0.15) is 0 Å². The van der Waals surface area contributed by atoms with E-state index in [9.17, 15) is 30.2 Å². The molecular formula is C100H87BN4. The Kier molecular flexibility index (Phi) is 10.6. The summed E-state index contributed by atoms with van der Waals surface area (Å²) in [6.45, 7) is 23.7. The zero-order valence-corrected chi connectivity index (χ0v) is 60.6. The van der Waals surface area contributed by atoms with Gasteiger partial charge in [0.15, 0.2) is 0 Å². The maximum atomic E-state index is 11.9. The third-order valence-electron chi connectivity index (χ3n) is 20.8. The van der Waals surface area contributed by atoms with E-state index in [4.69, 9.17) is 0 Å². The molecule has 2 aliphatic rings. The van der Waals surface area contributed by atoms with Crippen molar-refractivity contribution in [3.05, 3.63) is 331 Å². The minimum Gasteiger partial charge on any atom is -0.310 e. The number of fused-ring (bicyclic) bond motifs is 10. The lowest BCUT2D eigenvalue weighted by Gasteiger charge is -2.46. The number of hydrogen-bond donors (Lipinski definition) is 0. The minimum absolute atomic E-state index is 0.164. The first-order valence-electron chi connectivity index (χ1n) is 46.6. The van der Waals surface area contributed by atoms with E-state index in [1.54, 1.807) is 0 Å². The van der Waals surface area contributed by atoms with Gasteiger partial charge in [-0.15, -0.1) is 0 Å². The zero-order chi connectivity index (χ0) is 91.1. The van der Waals surface area contributed by atoms with Crippen LogP contribution in [0.15, 0.2) is 309 Å². The molecule has 0 spiro atoms. The smallest absolute Gasteiger partial charge is 0.252 e. The summed E-state index contributed by atoms with van der Waals surface area (Å²) in [4.78, 5) is 3.82. The molecule has 14 aromatic carbocycles. The fourth-order valence-corrected chi connectivity index (χ4v) is 15.5. The lowest BCUT2D eigenvalue weighted by molar-refractivity contribution is 0.570. The Balaban J connectivity index is 1.17. The maximum Gasteiger partial charge on any atom is 0.252 e. The highest BCUT2D eigenvalue weighted by molar-refractivity contribution is 7.00. The third kappa shape index (κ3) is 10.9. The van der Waals surface area contributed by atoms with Crippen molar-refractivity contribution in [1.82, 2.24) is 9.13 Å². The van der Waals surface area contributed by atoms with Crippen molar-refractivity contribution in [3.8, 4) is 67.0 Å². The van der Waals surface area contributed by atoms with E-state index in [0.29, 0.717) is 72.5 Å². The van der Waals surface area contributed by atoms with Gasteiger partial charge in [-0.05, 0) is 178 Å². The summed E-state index contributed by atoms with van der Waals surface area (Å²) < 4.78 is 224. The van der Waals surface area contributed by atoms with Gasteiger partial charge in [-0.2, -0.15) is 0 Å². The van der Waals surface area contributed by atoms with Gasteiger partial charge in [0.2, 0.25) is 0 Å². The molecule has 5 heteroatoms. The molecule has 2 aliphatic heterocycles. The molecule has 510 valence electrons. The number of para-hydroxylation sites is 4. The molecule has 0 fully saturated rings. The summed E-state index contributed by atoms with van der Waals surface area (Å²) in [5, 5.41) is -1.42. The molecule has 18 rings (SSSR count). The van der Waals surface area contributed by atoms with E-state index in [1.165, 1.54) is 0 Å². The Bertz CT molecular complexity index is 6830. The number of anilines is 6. The van der Waals surface area contributed by atoms with Crippen LogP contribution in [0.2, 0.25) is 0 Å². The first kappa shape index (κ1) is 45.4. The van der Waals surface area contributed by atoms with Crippen LogP contribution in [0.5, 0.6) is 0 Å². The summed E-state index contributed by atoms with van der Waals surface area (Å²) in [5.74, 6) is 0. The number of hydrogen-bond acceptors (Lipinski definition) is 2. The minimum atomic E-state index is -1.68. The van der Waals surface area contributed by atoms with Gasteiger partial charge in [-0.25, -0.2) is 0 Å². The highest BCUT2D eigenvalue weighted by Gasteiger charge is 2.47. The van der Waals surface area contributed by atoms with Gasteiger partial charge < -0.3 is 18.9 Å². The third-order valence-corrected chi connectivity index (χ3v) is 20.8. The van der Waals surface area contributed by atoms with Crippen LogP contribution in [0.1, 0.15) is 135 Å². The van der Waals surface area contributed by atoms with E-state index in [-0.39, 0.29) is 55.2 Å². The number of aromatic nitrogens is 2. The zero-order valence-electron chi connectivity index (χ0n) is 82.6. The van der Waals surface area contributed by atoms with Crippen LogP contribution in [0.4, 0.5) is 34.1 Å². The molecule has 16 aromatic rings. The van der Waals surface area contributed by atoms with Crippen molar-refractivity contribution in [2.75, 3.05) is 9.80 Å². The second-order valence-corrected chi connectivity index (χ2v) is 31.6. The first-order valence-corrected chi connectivity index (χ1v) is 35.6. The van der Waals surface area contributed by atoms with Crippen LogP contribution in [-0.4, -0.2) is 15.8 Å². The highest BCUT2D eigenvalue weighted by Crippen LogP contribution is 2.56. The Morgan fingerprint density at radius 1 is 0.286 bits per heavy atom. The van der Waals surface area contributed by atoms with Crippen molar-refractivity contribution >= 4 is 101 Å². The number of nitrogens with zero attached hydrogens (tertiary/aromatic N) is 4. The molecule has 4 heterocycles. The Morgan fingerprint density at radius 3 is 0.924 bits per heavy atom. The fourth-order valence-electron chi connectivity index (χ4n) is 15.5. The molecule has 0 radical (unpaired) electrons. The van der Waals surface area contributed by atoms with Crippen molar-refractivity contribution in [2.45, 2.75) is 105 Å². The predicted molar refractivity (Wildman–Crippen MR) is 451 cm³/mol. The summed E-state index contributed by atoms with van der Waals surface area (Å²) in [6, 6.07) is 41.6. The summed E-state index contributed by atoms with van der Waals surface area (Å²) >= 11 is 0. The molecule has 0 N–H and O–H groups in total. The molecular weight excluding hydrogens is 1270 g/mol. The summed E-state index contributed by atoms with van der Waals surface area (Å²) in [6.07, 6.45) is 0. The van der Waals surface area contributed by atoms with Crippen molar-refractivity contribution < 1.29 is 30.2 Å². The van der Waals surface area contributed by atoms with Crippen LogP contribution in [0.3, 0.4) is 0 Å². The number of benzene rings is 14. The second-order valence-electron chi connectivity index (χ2n) is 31.6. The largest absolute Gasteiger partial charge is 0.310 e. The topological polar surface area (TPSA) is 16.3 Å². The fraction of sp³-hybridized carbons (Fsp3) is 0.160. The number of rotatable bonds is 9. The van der Waals surface area contributed by atoms with Gasteiger partial charge in [-0.1, -0.05) is 307 Å². The molecule has 0 unspecified atom stereocenters. The highest BCUT2D eigenvalue weighted by atomic mass is 15.2. The van der Waals surface area contributed by atoms with Crippen molar-refractivity contribution in [3.63, 3.8) is 0 Å². The van der Waals surface area contributed by atoms with Crippen LogP contribution in [0.25, 0.3) is 111 Å². The Labute approximate surface area is 650 Å². The molecule has 0 atom stereocenters. The van der Waals surface area contributed by atoms with Crippen molar-refractivity contribution in [2.24, 2.45) is 0 Å². The average Bonchev–Trinajstić information content (AvgIpc) is 1.07. The van der Waals surface area contributed by atoms with E-state index in [0.717, 1.165) is 31.4 Å². The monoisotopic (exact) mass is 1380 g/mol. The van der Waals surface area contributed by atoms with E-state index >= 15 is 0 Å². The molecule has 0 bridgehead atoms. The van der Waals surface area contributed by atoms with Crippen LogP contribution in [-0.2, 0) is 21.7 Å². The molecule has 4 nitrogen and oxygen atoms in total. The van der Waals surface area contributed by atoms with E-state index in [1.807, 2.05) is 143 Å². The molecule has 0 amide bonds. The molecule has 0 saturated carbocycles. The van der Waals surface area contributed by atoms with Gasteiger partial charge in [0, 0.05) is 77.9 Å². The van der Waals surface area contributed by atoms with E-state index < -0.39 is 195 Å². The molecule has 2 aromatic heterocycles. The van der Waals surface area contributed by atoms with Gasteiger partial charge in [-0.3, -0.25) is 0 Å². The van der Waals surface area contributed by atoms with Gasteiger partial charge in [0.05, 0.1) is 63.6 Å². The average molecular weight is 1380 g/mol. The van der Waals surface area contributed by atoms with Gasteiger partial charge >= 0.3 is 0 Å². The summed E-state index contributed by atoms with van der Waals surface area (Å²) in [7, 11) is 0. The van der Waals surface area contributed by atoms with Crippen molar-refractivity contribution in [1.29, 1.82) is 0 Å². The lowest BCUT2D eigenvalue weighted by Crippen LogP contribution is -2.61. The van der Waals surface area contributed by atoms with Crippen LogP contribution >= 0.6 is 0 Å². The lowest BCUT2D eigenvalue weighted by atomic mass is 9.33. The Hall–Kier alpha value is -11.7. The van der Waals surface area contributed by atoms with Crippen LogP contribution in [0, 0.1) is 0 Å². The second kappa shape index (κ2) is 24.5. The predicted octanol–water partition coefficient (Wildman–Crippen LogP) is 25.5. The Morgan fingerprint density at radius 2 is 0.610 bits per heavy atom. The molecule has 105 heavy (non-hydrogen) atoms.